The molecule has 0 spiro atoms. The van der Waals surface area contributed by atoms with Crippen LogP contribution in [-0.4, -0.2) is 38.3 Å². The molecule has 2 rings (SSSR count). The average Bonchev–Trinajstić information content (AvgIpc) is 2.32. The highest BCUT2D eigenvalue weighted by Gasteiger charge is 2.27. The molecule has 1 aliphatic rings. The molecule has 7 heteroatoms. The van der Waals surface area contributed by atoms with Gasteiger partial charge in [0.15, 0.2) is 0 Å². The molecule has 18 heavy (non-hydrogen) atoms. The maximum Gasteiger partial charge on any atom is 0.235 e. The molecule has 0 aliphatic carbocycles. The lowest BCUT2D eigenvalue weighted by Crippen LogP contribution is -2.50. The van der Waals surface area contributed by atoms with Crippen LogP contribution in [0, 0.1) is 5.82 Å². The van der Waals surface area contributed by atoms with Gasteiger partial charge in [0.2, 0.25) is 15.9 Å². The third-order valence-electron chi connectivity index (χ3n) is 2.66. The molecular formula is C11H13FN2O3S. The summed E-state index contributed by atoms with van der Waals surface area (Å²) in [5.41, 5.74) is 0.502. The van der Waals surface area contributed by atoms with Crippen molar-refractivity contribution in [2.45, 2.75) is 5.75 Å². The Hall–Kier alpha value is -1.47. The Kier molecular flexibility index (Phi) is 3.63. The van der Waals surface area contributed by atoms with Crippen molar-refractivity contribution in [3.8, 4) is 0 Å². The lowest BCUT2D eigenvalue weighted by molar-refractivity contribution is -0.122. The Bertz CT molecular complexity index is 542. The standard InChI is InChI=1S/C11H13FN2O3S/c12-10-3-1-9(2-4-10)8-18(16,17)14-6-5-13-11(15)7-14/h1-4H,5-8H2,(H,13,15). The normalized spacial score (nSPS) is 17.5. The van der Waals surface area contributed by atoms with Gasteiger partial charge in [-0.15, -0.1) is 0 Å². The van der Waals surface area contributed by atoms with E-state index in [1.807, 2.05) is 0 Å². The first kappa shape index (κ1) is 13.0. The van der Waals surface area contributed by atoms with E-state index in [1.165, 1.54) is 24.3 Å². The lowest BCUT2D eigenvalue weighted by Gasteiger charge is -2.25. The summed E-state index contributed by atoms with van der Waals surface area (Å²) in [5, 5.41) is 2.56. The third-order valence-corrected chi connectivity index (χ3v) is 4.46. The van der Waals surface area contributed by atoms with Gasteiger partial charge in [0.1, 0.15) is 5.82 Å². The Morgan fingerprint density at radius 2 is 1.94 bits per heavy atom. The van der Waals surface area contributed by atoms with Gasteiger partial charge in [0.05, 0.1) is 12.3 Å². The zero-order valence-electron chi connectivity index (χ0n) is 9.60. The van der Waals surface area contributed by atoms with E-state index in [1.54, 1.807) is 0 Å². The summed E-state index contributed by atoms with van der Waals surface area (Å²) >= 11 is 0. The predicted octanol–water partition coefficient (Wildman–Crippen LogP) is 0.0873. The minimum absolute atomic E-state index is 0.149. The molecule has 1 heterocycles. The molecule has 0 bridgehead atoms. The predicted molar refractivity (Wildman–Crippen MR) is 63.6 cm³/mol. The van der Waals surface area contributed by atoms with Gasteiger partial charge in [-0.25, -0.2) is 12.8 Å². The van der Waals surface area contributed by atoms with Gasteiger partial charge in [-0.3, -0.25) is 4.79 Å². The van der Waals surface area contributed by atoms with E-state index < -0.39 is 15.8 Å². The van der Waals surface area contributed by atoms with E-state index in [-0.39, 0.29) is 24.7 Å². The van der Waals surface area contributed by atoms with Gasteiger partial charge in [-0.05, 0) is 17.7 Å². The molecule has 1 fully saturated rings. The highest BCUT2D eigenvalue weighted by atomic mass is 32.2. The molecule has 0 atom stereocenters. The molecular weight excluding hydrogens is 259 g/mol. The van der Waals surface area contributed by atoms with E-state index in [9.17, 15) is 17.6 Å². The number of nitrogens with one attached hydrogen (secondary N) is 1. The Balaban J connectivity index is 2.11. The highest BCUT2D eigenvalue weighted by molar-refractivity contribution is 7.88. The van der Waals surface area contributed by atoms with Crippen molar-refractivity contribution in [3.63, 3.8) is 0 Å². The molecule has 1 saturated heterocycles. The third kappa shape index (κ3) is 3.05. The summed E-state index contributed by atoms with van der Waals surface area (Å²) in [5.74, 6) is -0.932. The van der Waals surface area contributed by atoms with Crippen LogP contribution in [0.5, 0.6) is 0 Å². The fourth-order valence-electron chi connectivity index (χ4n) is 1.74. The minimum Gasteiger partial charge on any atom is -0.354 e. The fraction of sp³-hybridized carbons (Fsp3) is 0.364. The van der Waals surface area contributed by atoms with Gasteiger partial charge in [-0.2, -0.15) is 4.31 Å². The van der Waals surface area contributed by atoms with E-state index in [2.05, 4.69) is 5.32 Å². The summed E-state index contributed by atoms with van der Waals surface area (Å²) in [7, 11) is -3.53. The zero-order chi connectivity index (χ0) is 13.2. The number of piperazine rings is 1. The largest absolute Gasteiger partial charge is 0.354 e. The number of hydrogen-bond acceptors (Lipinski definition) is 3. The SMILES string of the molecule is O=C1CN(S(=O)(=O)Cc2ccc(F)cc2)CCN1. The molecule has 0 saturated carbocycles. The van der Waals surface area contributed by atoms with Gasteiger partial charge >= 0.3 is 0 Å². The summed E-state index contributed by atoms with van der Waals surface area (Å²) in [4.78, 5) is 11.2. The smallest absolute Gasteiger partial charge is 0.235 e. The van der Waals surface area contributed by atoms with Crippen LogP contribution in [0.25, 0.3) is 0 Å². The maximum atomic E-state index is 12.7. The van der Waals surface area contributed by atoms with E-state index >= 15 is 0 Å². The number of halogens is 1. The molecule has 1 N–H and O–H groups in total. The molecule has 1 aromatic carbocycles. The van der Waals surface area contributed by atoms with Gasteiger partial charge < -0.3 is 5.32 Å². The number of hydrogen-bond donors (Lipinski definition) is 1. The van der Waals surface area contributed by atoms with Crippen molar-refractivity contribution in [2.24, 2.45) is 0 Å². The summed E-state index contributed by atoms with van der Waals surface area (Å²) in [6, 6.07) is 5.29. The number of nitrogens with zero attached hydrogens (tertiary/aromatic N) is 1. The first-order chi connectivity index (χ1) is 8.47. The van der Waals surface area contributed by atoms with Crippen LogP contribution in [0.3, 0.4) is 0 Å². The second kappa shape index (κ2) is 5.03. The van der Waals surface area contributed by atoms with E-state index in [0.717, 1.165) is 4.31 Å². The Morgan fingerprint density at radius 1 is 1.28 bits per heavy atom. The Labute approximate surface area is 105 Å². The quantitative estimate of drug-likeness (QED) is 0.848. The van der Waals surface area contributed by atoms with Crippen molar-refractivity contribution in [1.29, 1.82) is 0 Å². The molecule has 1 aliphatic heterocycles. The van der Waals surface area contributed by atoms with Gasteiger partial charge in [0, 0.05) is 13.1 Å². The summed E-state index contributed by atoms with van der Waals surface area (Å²) < 4.78 is 37.9. The molecule has 1 amide bonds. The van der Waals surface area contributed by atoms with Crippen molar-refractivity contribution < 1.29 is 17.6 Å². The second-order valence-electron chi connectivity index (χ2n) is 4.07. The molecule has 0 aromatic heterocycles. The topological polar surface area (TPSA) is 66.5 Å². The number of amides is 1. The molecule has 1 aromatic rings. The molecule has 98 valence electrons. The van der Waals surface area contributed by atoms with Gasteiger partial charge in [0.25, 0.3) is 0 Å². The first-order valence-corrected chi connectivity index (χ1v) is 7.07. The molecule has 0 radical (unpaired) electrons. The number of carbonyl (C=O) groups is 1. The van der Waals surface area contributed by atoms with Crippen molar-refractivity contribution in [2.75, 3.05) is 19.6 Å². The summed E-state index contributed by atoms with van der Waals surface area (Å²) in [6.45, 7) is 0.445. The monoisotopic (exact) mass is 272 g/mol. The second-order valence-corrected chi connectivity index (χ2v) is 6.04. The zero-order valence-corrected chi connectivity index (χ0v) is 10.4. The van der Waals surface area contributed by atoms with E-state index in [4.69, 9.17) is 0 Å². The maximum absolute atomic E-state index is 12.7. The number of carbonyl (C=O) groups excluding carboxylic acids is 1. The van der Waals surface area contributed by atoms with Crippen LogP contribution in [0.1, 0.15) is 5.56 Å². The van der Waals surface area contributed by atoms with Crippen LogP contribution in [0.2, 0.25) is 0 Å². The van der Waals surface area contributed by atoms with Crippen LogP contribution in [0.4, 0.5) is 4.39 Å². The molecule has 5 nitrogen and oxygen atoms in total. The van der Waals surface area contributed by atoms with Crippen molar-refractivity contribution in [3.05, 3.63) is 35.6 Å². The Morgan fingerprint density at radius 3 is 2.56 bits per heavy atom. The lowest BCUT2D eigenvalue weighted by atomic mass is 10.2. The minimum atomic E-state index is -3.53. The number of sulfonamides is 1. The van der Waals surface area contributed by atoms with Crippen LogP contribution in [0.15, 0.2) is 24.3 Å². The summed E-state index contributed by atoms with van der Waals surface area (Å²) in [6.07, 6.45) is 0. The van der Waals surface area contributed by atoms with E-state index in [0.29, 0.717) is 12.1 Å². The fourth-order valence-corrected chi connectivity index (χ4v) is 3.21. The number of rotatable bonds is 3. The average molecular weight is 272 g/mol. The first-order valence-electron chi connectivity index (χ1n) is 5.46. The highest BCUT2D eigenvalue weighted by Crippen LogP contribution is 2.12. The van der Waals surface area contributed by atoms with Crippen molar-refractivity contribution in [1.82, 2.24) is 9.62 Å². The van der Waals surface area contributed by atoms with Crippen LogP contribution >= 0.6 is 0 Å². The van der Waals surface area contributed by atoms with Gasteiger partial charge in [-0.1, -0.05) is 12.1 Å². The van der Waals surface area contributed by atoms with Crippen LogP contribution in [-0.2, 0) is 20.6 Å². The van der Waals surface area contributed by atoms with Crippen LogP contribution < -0.4 is 5.32 Å². The molecule has 0 unspecified atom stereocenters. The number of benzene rings is 1. The van der Waals surface area contributed by atoms with Crippen molar-refractivity contribution >= 4 is 15.9 Å².